The van der Waals surface area contributed by atoms with Gasteiger partial charge in [0.25, 0.3) is 0 Å². The van der Waals surface area contributed by atoms with Gasteiger partial charge in [0.1, 0.15) is 0 Å². The first-order chi connectivity index (χ1) is 6.63. The van der Waals surface area contributed by atoms with Gasteiger partial charge in [-0.25, -0.2) is 0 Å². The van der Waals surface area contributed by atoms with E-state index in [4.69, 9.17) is 5.73 Å². The lowest BCUT2D eigenvalue weighted by Crippen LogP contribution is -2.42. The van der Waals surface area contributed by atoms with Gasteiger partial charge in [0, 0.05) is 17.4 Å². The normalized spacial score (nSPS) is 25.9. The summed E-state index contributed by atoms with van der Waals surface area (Å²) in [4.78, 5) is 0. The van der Waals surface area contributed by atoms with Crippen molar-refractivity contribution in [2.75, 3.05) is 6.54 Å². The zero-order valence-corrected chi connectivity index (χ0v) is 9.55. The van der Waals surface area contributed by atoms with E-state index in [1.54, 1.807) is 0 Å². The molecule has 0 saturated heterocycles. The highest BCUT2D eigenvalue weighted by molar-refractivity contribution is 9.10. The Kier molecular flexibility index (Phi) is 2.64. The first-order valence-electron chi connectivity index (χ1n) is 4.83. The quantitative estimate of drug-likeness (QED) is 0.802. The smallest absolute Gasteiger partial charge is 0.0812 e. The summed E-state index contributed by atoms with van der Waals surface area (Å²) in [5.41, 5.74) is 7.44. The van der Waals surface area contributed by atoms with Crippen molar-refractivity contribution in [2.45, 2.75) is 24.9 Å². The number of nitrogens with two attached hydrogens (primary N) is 1. The number of fused-ring (bicyclic) bond motifs is 1. The summed E-state index contributed by atoms with van der Waals surface area (Å²) >= 11 is 3.44. The Hall–Kier alpha value is -0.380. The highest BCUT2D eigenvalue weighted by Gasteiger charge is 2.30. The van der Waals surface area contributed by atoms with Crippen molar-refractivity contribution < 1.29 is 5.11 Å². The SMILES string of the molecule is NCC1(O)CCc2ccc(Br)cc2C1. The Morgan fingerprint density at radius 2 is 2.21 bits per heavy atom. The predicted molar refractivity (Wildman–Crippen MR) is 60.2 cm³/mol. The molecule has 1 unspecified atom stereocenters. The molecule has 1 aliphatic carbocycles. The predicted octanol–water partition coefficient (Wildman–Crippen LogP) is 1.63. The standard InChI is InChI=1S/C11H14BrNO/c12-10-2-1-8-3-4-11(14,7-13)6-9(8)5-10/h1-2,5,14H,3-4,6-7,13H2. The van der Waals surface area contributed by atoms with Crippen molar-refractivity contribution in [2.24, 2.45) is 5.73 Å². The number of hydrogen-bond acceptors (Lipinski definition) is 2. The minimum atomic E-state index is -0.687. The summed E-state index contributed by atoms with van der Waals surface area (Å²) < 4.78 is 1.07. The largest absolute Gasteiger partial charge is 0.388 e. The fraction of sp³-hybridized carbons (Fsp3) is 0.455. The second kappa shape index (κ2) is 3.65. The maximum Gasteiger partial charge on any atom is 0.0812 e. The van der Waals surface area contributed by atoms with Gasteiger partial charge in [-0.2, -0.15) is 0 Å². The molecule has 0 saturated carbocycles. The molecule has 0 fully saturated rings. The third kappa shape index (κ3) is 1.85. The molecule has 2 nitrogen and oxygen atoms in total. The molecule has 0 heterocycles. The van der Waals surface area contributed by atoms with Crippen LogP contribution in [0.3, 0.4) is 0 Å². The minimum absolute atomic E-state index is 0.346. The van der Waals surface area contributed by atoms with Crippen molar-refractivity contribution in [3.63, 3.8) is 0 Å². The van der Waals surface area contributed by atoms with Gasteiger partial charge < -0.3 is 10.8 Å². The van der Waals surface area contributed by atoms with Crippen molar-refractivity contribution in [3.05, 3.63) is 33.8 Å². The monoisotopic (exact) mass is 255 g/mol. The van der Waals surface area contributed by atoms with Crippen LogP contribution in [0.4, 0.5) is 0 Å². The molecule has 1 atom stereocenters. The van der Waals surface area contributed by atoms with Crippen molar-refractivity contribution in [1.29, 1.82) is 0 Å². The Morgan fingerprint density at radius 1 is 1.43 bits per heavy atom. The van der Waals surface area contributed by atoms with Crippen molar-refractivity contribution >= 4 is 15.9 Å². The molecule has 0 bridgehead atoms. The van der Waals surface area contributed by atoms with E-state index in [0.29, 0.717) is 13.0 Å². The molecular weight excluding hydrogens is 242 g/mol. The van der Waals surface area contributed by atoms with Gasteiger partial charge in [-0.15, -0.1) is 0 Å². The molecule has 14 heavy (non-hydrogen) atoms. The summed E-state index contributed by atoms with van der Waals surface area (Å²) in [5.74, 6) is 0. The second-order valence-corrected chi connectivity index (χ2v) is 4.93. The molecule has 0 radical (unpaired) electrons. The molecule has 3 N–H and O–H groups in total. The van der Waals surface area contributed by atoms with Gasteiger partial charge in [-0.05, 0) is 36.1 Å². The maximum absolute atomic E-state index is 10.1. The molecule has 1 aromatic rings. The average Bonchev–Trinajstić information content (AvgIpc) is 2.17. The van der Waals surface area contributed by atoms with Gasteiger partial charge in [0.2, 0.25) is 0 Å². The zero-order valence-electron chi connectivity index (χ0n) is 7.96. The van der Waals surface area contributed by atoms with E-state index in [-0.39, 0.29) is 0 Å². The topological polar surface area (TPSA) is 46.2 Å². The van der Waals surface area contributed by atoms with E-state index in [0.717, 1.165) is 17.3 Å². The van der Waals surface area contributed by atoms with Gasteiger partial charge in [-0.3, -0.25) is 0 Å². The highest BCUT2D eigenvalue weighted by atomic mass is 79.9. The molecule has 0 aliphatic heterocycles. The van der Waals surface area contributed by atoms with Gasteiger partial charge >= 0.3 is 0 Å². The maximum atomic E-state index is 10.1. The van der Waals surface area contributed by atoms with E-state index in [9.17, 15) is 5.11 Å². The lowest BCUT2D eigenvalue weighted by molar-refractivity contribution is 0.0353. The summed E-state index contributed by atoms with van der Waals surface area (Å²) in [6, 6.07) is 6.25. The van der Waals surface area contributed by atoms with Gasteiger partial charge in [0.05, 0.1) is 5.60 Å². The Balaban J connectivity index is 2.33. The summed E-state index contributed by atoms with van der Waals surface area (Å²) in [6.07, 6.45) is 2.38. The number of benzene rings is 1. The van der Waals surface area contributed by atoms with Crippen LogP contribution in [-0.4, -0.2) is 17.3 Å². The lowest BCUT2D eigenvalue weighted by Gasteiger charge is -2.32. The molecular formula is C11H14BrNO. The molecule has 76 valence electrons. The number of hydrogen-bond donors (Lipinski definition) is 2. The number of rotatable bonds is 1. The van der Waals surface area contributed by atoms with Crippen LogP contribution in [0.15, 0.2) is 22.7 Å². The molecule has 1 aliphatic rings. The Bertz CT molecular complexity index is 353. The van der Waals surface area contributed by atoms with Crippen LogP contribution in [0.25, 0.3) is 0 Å². The molecule has 3 heteroatoms. The number of halogens is 1. The van der Waals surface area contributed by atoms with E-state index < -0.39 is 5.60 Å². The van der Waals surface area contributed by atoms with Crippen LogP contribution in [0.1, 0.15) is 17.5 Å². The van der Waals surface area contributed by atoms with Crippen molar-refractivity contribution in [1.82, 2.24) is 0 Å². The van der Waals surface area contributed by atoms with Gasteiger partial charge in [0.15, 0.2) is 0 Å². The minimum Gasteiger partial charge on any atom is -0.388 e. The molecule has 0 amide bonds. The third-order valence-electron chi connectivity index (χ3n) is 2.93. The molecule has 1 aromatic carbocycles. The van der Waals surface area contributed by atoms with E-state index in [2.05, 4.69) is 28.1 Å². The van der Waals surface area contributed by atoms with E-state index in [1.165, 1.54) is 11.1 Å². The fourth-order valence-corrected chi connectivity index (χ4v) is 2.40. The second-order valence-electron chi connectivity index (χ2n) is 4.02. The highest BCUT2D eigenvalue weighted by Crippen LogP contribution is 2.29. The number of aryl methyl sites for hydroxylation is 1. The number of aliphatic hydroxyl groups is 1. The molecule has 2 rings (SSSR count). The van der Waals surface area contributed by atoms with Crippen LogP contribution in [0.5, 0.6) is 0 Å². The lowest BCUT2D eigenvalue weighted by atomic mass is 9.80. The van der Waals surface area contributed by atoms with E-state index in [1.807, 2.05) is 6.07 Å². The zero-order chi connectivity index (χ0) is 10.2. The average molecular weight is 256 g/mol. The fourth-order valence-electron chi connectivity index (χ4n) is 1.99. The van der Waals surface area contributed by atoms with Crippen LogP contribution in [0, 0.1) is 0 Å². The first-order valence-corrected chi connectivity index (χ1v) is 5.62. The van der Waals surface area contributed by atoms with Crippen LogP contribution in [0.2, 0.25) is 0 Å². The summed E-state index contributed by atoms with van der Waals surface area (Å²) in [7, 11) is 0. The molecule has 0 spiro atoms. The third-order valence-corrected chi connectivity index (χ3v) is 3.42. The Labute approximate surface area is 92.3 Å². The van der Waals surface area contributed by atoms with Crippen LogP contribution in [-0.2, 0) is 12.8 Å². The van der Waals surface area contributed by atoms with Crippen molar-refractivity contribution in [3.8, 4) is 0 Å². The van der Waals surface area contributed by atoms with Crippen LogP contribution >= 0.6 is 15.9 Å². The first kappa shape index (κ1) is 10.1. The van der Waals surface area contributed by atoms with Crippen LogP contribution < -0.4 is 5.73 Å². The Morgan fingerprint density at radius 3 is 2.93 bits per heavy atom. The van der Waals surface area contributed by atoms with E-state index >= 15 is 0 Å². The summed E-state index contributed by atoms with van der Waals surface area (Å²) in [6.45, 7) is 0.346. The van der Waals surface area contributed by atoms with Gasteiger partial charge in [-0.1, -0.05) is 22.0 Å². The molecule has 0 aromatic heterocycles. The summed E-state index contributed by atoms with van der Waals surface area (Å²) in [5, 5.41) is 10.1.